The first-order valence-corrected chi connectivity index (χ1v) is 11.8. The van der Waals surface area contributed by atoms with Crippen molar-refractivity contribution in [2.45, 2.75) is 37.0 Å². The highest BCUT2D eigenvalue weighted by molar-refractivity contribution is 7.89. The lowest BCUT2D eigenvalue weighted by Crippen LogP contribution is -2.12. The summed E-state index contributed by atoms with van der Waals surface area (Å²) in [5, 5.41) is 14.8. The van der Waals surface area contributed by atoms with E-state index >= 15 is 0 Å². The van der Waals surface area contributed by atoms with E-state index in [1.54, 1.807) is 12.1 Å². The predicted octanol–water partition coefficient (Wildman–Crippen LogP) is 3.81. The van der Waals surface area contributed by atoms with Gasteiger partial charge in [-0.2, -0.15) is 10.2 Å². The highest BCUT2D eigenvalue weighted by Gasteiger charge is 2.27. The number of rotatable bonds is 4. The SMILES string of the molecule is CC1CCCc2c1nn(-c1ccc(S(N)(=O)=O)cc1)c2-c1cnn(-c2ccccc2)c1. The molecule has 5 rings (SSSR count). The molecule has 31 heavy (non-hydrogen) atoms. The highest BCUT2D eigenvalue weighted by atomic mass is 32.2. The first-order chi connectivity index (χ1) is 14.9. The summed E-state index contributed by atoms with van der Waals surface area (Å²) in [4.78, 5) is 0.0833. The third kappa shape index (κ3) is 3.58. The van der Waals surface area contributed by atoms with E-state index in [1.165, 1.54) is 17.7 Å². The standard InChI is InChI=1S/C23H23N5O2S/c1-16-6-5-9-21-22(16)26-28(19-10-12-20(13-11-19)31(24,29)30)23(21)17-14-25-27(15-17)18-7-3-2-4-8-18/h2-4,7-8,10-16H,5-6,9H2,1H3,(H2,24,29,30). The van der Waals surface area contributed by atoms with Gasteiger partial charge in [-0.05, 0) is 55.7 Å². The Labute approximate surface area is 181 Å². The maximum atomic E-state index is 11.7. The lowest BCUT2D eigenvalue weighted by molar-refractivity contribution is 0.575. The molecule has 158 valence electrons. The first-order valence-electron chi connectivity index (χ1n) is 10.3. The van der Waals surface area contributed by atoms with E-state index in [4.69, 9.17) is 10.2 Å². The molecule has 2 N–H and O–H groups in total. The van der Waals surface area contributed by atoms with Crippen molar-refractivity contribution < 1.29 is 8.42 Å². The van der Waals surface area contributed by atoms with Gasteiger partial charge >= 0.3 is 0 Å². The van der Waals surface area contributed by atoms with E-state index < -0.39 is 10.0 Å². The van der Waals surface area contributed by atoms with Crippen LogP contribution in [0.5, 0.6) is 0 Å². The monoisotopic (exact) mass is 433 g/mol. The van der Waals surface area contributed by atoms with Crippen molar-refractivity contribution in [3.63, 3.8) is 0 Å². The van der Waals surface area contributed by atoms with Crippen molar-refractivity contribution >= 4 is 10.0 Å². The van der Waals surface area contributed by atoms with Crippen LogP contribution in [-0.2, 0) is 16.4 Å². The molecule has 8 heteroatoms. The fourth-order valence-electron chi connectivity index (χ4n) is 4.26. The van der Waals surface area contributed by atoms with Crippen LogP contribution < -0.4 is 5.14 Å². The van der Waals surface area contributed by atoms with Gasteiger partial charge < -0.3 is 0 Å². The number of sulfonamides is 1. The molecule has 4 aromatic rings. The molecule has 0 bridgehead atoms. The van der Waals surface area contributed by atoms with Crippen LogP contribution in [0.3, 0.4) is 0 Å². The maximum Gasteiger partial charge on any atom is 0.238 e. The number of fused-ring (bicyclic) bond motifs is 1. The van der Waals surface area contributed by atoms with Crippen molar-refractivity contribution in [3.8, 4) is 22.6 Å². The number of nitrogens with zero attached hydrogens (tertiary/aromatic N) is 4. The number of hydrogen-bond donors (Lipinski definition) is 1. The third-order valence-electron chi connectivity index (χ3n) is 5.83. The maximum absolute atomic E-state index is 11.7. The van der Waals surface area contributed by atoms with Gasteiger partial charge in [0.15, 0.2) is 0 Å². The van der Waals surface area contributed by atoms with Crippen LogP contribution in [0.25, 0.3) is 22.6 Å². The molecule has 7 nitrogen and oxygen atoms in total. The average Bonchev–Trinajstić information content (AvgIpc) is 3.39. The minimum absolute atomic E-state index is 0.0833. The van der Waals surface area contributed by atoms with Crippen LogP contribution in [0.15, 0.2) is 71.9 Å². The molecule has 0 saturated carbocycles. The van der Waals surface area contributed by atoms with Crippen molar-refractivity contribution in [1.82, 2.24) is 19.6 Å². The smallest absolute Gasteiger partial charge is 0.238 e. The largest absolute Gasteiger partial charge is 0.240 e. The number of primary sulfonamides is 1. The van der Waals surface area contributed by atoms with Gasteiger partial charge in [-0.25, -0.2) is 22.9 Å². The topological polar surface area (TPSA) is 95.8 Å². The lowest BCUT2D eigenvalue weighted by atomic mass is 9.87. The zero-order valence-electron chi connectivity index (χ0n) is 17.1. The lowest BCUT2D eigenvalue weighted by Gasteiger charge is -2.17. The van der Waals surface area contributed by atoms with Gasteiger partial charge in [-0.15, -0.1) is 0 Å². The van der Waals surface area contributed by atoms with Crippen molar-refractivity contribution in [2.75, 3.05) is 0 Å². The number of nitrogens with two attached hydrogens (primary N) is 1. The molecule has 1 unspecified atom stereocenters. The zero-order valence-corrected chi connectivity index (χ0v) is 18.0. The van der Waals surface area contributed by atoms with Crippen LogP contribution >= 0.6 is 0 Å². The molecule has 0 amide bonds. The molecule has 1 aliphatic rings. The summed E-state index contributed by atoms with van der Waals surface area (Å²) in [6.07, 6.45) is 7.06. The molecule has 2 heterocycles. The second-order valence-corrected chi connectivity index (χ2v) is 9.53. The predicted molar refractivity (Wildman–Crippen MR) is 119 cm³/mol. The van der Waals surface area contributed by atoms with Crippen LogP contribution in [0.1, 0.15) is 36.9 Å². The van der Waals surface area contributed by atoms with Gasteiger partial charge in [0, 0.05) is 23.2 Å². The Balaban J connectivity index is 1.66. The Morgan fingerprint density at radius 1 is 1.03 bits per heavy atom. The number of hydrogen-bond acceptors (Lipinski definition) is 4. The second-order valence-electron chi connectivity index (χ2n) is 7.97. The summed E-state index contributed by atoms with van der Waals surface area (Å²) in [7, 11) is -3.75. The Morgan fingerprint density at radius 3 is 2.48 bits per heavy atom. The Hall–Kier alpha value is -3.23. The molecular formula is C23H23N5O2S. The van der Waals surface area contributed by atoms with Gasteiger partial charge in [0.05, 0.1) is 33.9 Å². The average molecular weight is 434 g/mol. The minimum Gasteiger partial charge on any atom is -0.240 e. The van der Waals surface area contributed by atoms with Gasteiger partial charge in [0.25, 0.3) is 0 Å². The molecule has 2 aromatic carbocycles. The first kappa shape index (κ1) is 19.7. The van der Waals surface area contributed by atoms with E-state index in [0.717, 1.165) is 47.6 Å². The molecule has 0 saturated heterocycles. The summed E-state index contributed by atoms with van der Waals surface area (Å²) in [6, 6.07) is 16.5. The van der Waals surface area contributed by atoms with Gasteiger partial charge in [0.2, 0.25) is 10.0 Å². The highest BCUT2D eigenvalue weighted by Crippen LogP contribution is 2.38. The van der Waals surface area contributed by atoms with E-state index in [0.29, 0.717) is 5.92 Å². The van der Waals surface area contributed by atoms with Crippen LogP contribution in [0, 0.1) is 0 Å². The summed E-state index contributed by atoms with van der Waals surface area (Å²) < 4.78 is 27.1. The van der Waals surface area contributed by atoms with Crippen LogP contribution in [0.2, 0.25) is 0 Å². The summed E-state index contributed by atoms with van der Waals surface area (Å²) in [6.45, 7) is 2.20. The van der Waals surface area contributed by atoms with E-state index in [9.17, 15) is 8.42 Å². The fourth-order valence-corrected chi connectivity index (χ4v) is 4.77. The van der Waals surface area contributed by atoms with E-state index in [2.05, 4.69) is 12.0 Å². The quantitative estimate of drug-likeness (QED) is 0.529. The summed E-state index contributed by atoms with van der Waals surface area (Å²) in [5.41, 5.74) is 6.09. The molecule has 0 spiro atoms. The molecule has 2 aromatic heterocycles. The Morgan fingerprint density at radius 2 is 1.77 bits per heavy atom. The third-order valence-corrected chi connectivity index (χ3v) is 6.76. The van der Waals surface area contributed by atoms with Crippen molar-refractivity contribution in [1.29, 1.82) is 0 Å². The Kier molecular flexibility index (Phi) is 4.75. The molecule has 0 radical (unpaired) electrons. The van der Waals surface area contributed by atoms with Crippen molar-refractivity contribution in [2.24, 2.45) is 5.14 Å². The van der Waals surface area contributed by atoms with Crippen LogP contribution in [0.4, 0.5) is 0 Å². The Bertz CT molecular complexity index is 1340. The molecule has 1 atom stereocenters. The second kappa shape index (κ2) is 7.47. The number of benzene rings is 2. The number of para-hydroxylation sites is 1. The molecular weight excluding hydrogens is 410 g/mol. The van der Waals surface area contributed by atoms with Gasteiger partial charge in [0.1, 0.15) is 0 Å². The van der Waals surface area contributed by atoms with Gasteiger partial charge in [-0.1, -0.05) is 25.1 Å². The van der Waals surface area contributed by atoms with Gasteiger partial charge in [-0.3, -0.25) is 0 Å². The van der Waals surface area contributed by atoms with Crippen LogP contribution in [-0.4, -0.2) is 28.0 Å². The summed E-state index contributed by atoms with van der Waals surface area (Å²) >= 11 is 0. The normalized spacial score (nSPS) is 16.3. The van der Waals surface area contributed by atoms with Crippen molar-refractivity contribution in [3.05, 3.63) is 78.2 Å². The minimum atomic E-state index is -3.75. The number of aromatic nitrogens is 4. The zero-order chi connectivity index (χ0) is 21.6. The van der Waals surface area contributed by atoms with E-state index in [-0.39, 0.29) is 4.90 Å². The molecule has 0 aliphatic heterocycles. The van der Waals surface area contributed by atoms with E-state index in [1.807, 2.05) is 52.1 Å². The molecule has 0 fully saturated rings. The summed E-state index contributed by atoms with van der Waals surface area (Å²) in [5.74, 6) is 0.372. The fraction of sp³-hybridized carbons (Fsp3) is 0.217. The molecule has 1 aliphatic carbocycles.